The number of carbonyl (C=O) groups is 1. The van der Waals surface area contributed by atoms with Crippen LogP contribution in [-0.2, 0) is 53.9 Å². The number of fused-ring (bicyclic) bond motifs is 6. The third-order valence-electron chi connectivity index (χ3n) is 17.4. The number of methoxy groups -OCH3 is 3. The number of hydrogen-bond acceptors (Lipinski definition) is 13. The molecule has 13 nitrogen and oxygen atoms in total. The number of ether oxygens (including phenoxy) is 6. The first kappa shape index (κ1) is 55.3. The molecule has 8 rings (SSSR count). The van der Waals surface area contributed by atoms with Crippen molar-refractivity contribution in [3.05, 3.63) is 64.5 Å². The lowest BCUT2D eigenvalue weighted by atomic mass is 9.75. The van der Waals surface area contributed by atoms with Gasteiger partial charge in [0.25, 0.3) is 0 Å². The number of rotatable bonds is 24. The highest BCUT2D eigenvalue weighted by atomic mass is 32.8. The average Bonchev–Trinajstić information content (AvgIpc) is 3.85. The van der Waals surface area contributed by atoms with Crippen molar-refractivity contribution in [2.24, 2.45) is 33.7 Å². The summed E-state index contributed by atoms with van der Waals surface area (Å²) in [6.45, 7) is 15.9. The van der Waals surface area contributed by atoms with Crippen molar-refractivity contribution in [1.82, 2.24) is 14.7 Å². The fourth-order valence-electron chi connectivity index (χ4n) is 13.4. The zero-order valence-electron chi connectivity index (χ0n) is 44.7. The van der Waals surface area contributed by atoms with E-state index in [0.29, 0.717) is 95.7 Å². The summed E-state index contributed by atoms with van der Waals surface area (Å²) < 4.78 is 36.2. The van der Waals surface area contributed by atoms with Gasteiger partial charge in [0, 0.05) is 80.7 Å². The first-order valence-corrected chi connectivity index (χ1v) is 29.9. The van der Waals surface area contributed by atoms with Crippen LogP contribution < -0.4 is 0 Å². The normalized spacial score (nSPS) is 32.6. The maximum Gasteiger partial charge on any atom is 0.233 e. The van der Waals surface area contributed by atoms with E-state index >= 15 is 0 Å². The number of aliphatic hydroxyl groups excluding tert-OH is 1. The van der Waals surface area contributed by atoms with E-state index in [4.69, 9.17) is 49.6 Å². The van der Waals surface area contributed by atoms with Crippen LogP contribution in [-0.4, -0.2) is 165 Å². The molecule has 4 heterocycles. The van der Waals surface area contributed by atoms with E-state index in [1.165, 1.54) is 23.1 Å². The van der Waals surface area contributed by atoms with Crippen LogP contribution >= 0.6 is 0 Å². The molecule has 12 atom stereocenters. The van der Waals surface area contributed by atoms with Gasteiger partial charge in [-0.3, -0.25) is 24.5 Å². The smallest absolute Gasteiger partial charge is 0.233 e. The number of aliphatic imine (C=N–C) groups is 2. The van der Waals surface area contributed by atoms with Gasteiger partial charge in [-0.15, -0.1) is 16.0 Å². The summed E-state index contributed by atoms with van der Waals surface area (Å²) in [4.78, 5) is 31.5. The molecule has 0 spiro atoms. The van der Waals surface area contributed by atoms with Crippen LogP contribution in [0.15, 0.2) is 74.5 Å². The molecule has 0 aromatic heterocycles. The van der Waals surface area contributed by atoms with Crippen LogP contribution in [0, 0.1) is 23.7 Å². The van der Waals surface area contributed by atoms with Gasteiger partial charge >= 0.3 is 0 Å². The molecule has 72 heavy (non-hydrogen) atoms. The highest BCUT2D eigenvalue weighted by molar-refractivity contribution is 8.29. The van der Waals surface area contributed by atoms with E-state index in [1.54, 1.807) is 21.3 Å². The number of nitrogens with zero attached hydrogens (tertiary/aromatic N) is 5. The van der Waals surface area contributed by atoms with Crippen molar-refractivity contribution in [1.29, 1.82) is 0 Å². The third kappa shape index (κ3) is 12.8. The Kier molecular flexibility index (Phi) is 19.7. The molecule has 15 heteroatoms. The highest BCUT2D eigenvalue weighted by Gasteiger charge is 2.49. The Morgan fingerprint density at radius 1 is 0.986 bits per heavy atom. The van der Waals surface area contributed by atoms with Gasteiger partial charge in [-0.05, 0) is 121 Å². The fourth-order valence-corrected chi connectivity index (χ4v) is 13.9. The van der Waals surface area contributed by atoms with E-state index in [9.17, 15) is 9.90 Å². The molecule has 0 bridgehead atoms. The minimum Gasteiger partial charge on any atom is -0.501 e. The van der Waals surface area contributed by atoms with E-state index in [2.05, 4.69) is 60.7 Å². The molecule has 8 aliphatic rings. The molecule has 0 aromatic rings. The van der Waals surface area contributed by atoms with Gasteiger partial charge < -0.3 is 33.5 Å². The number of carbonyl (C=O) groups excluding carboxylic acids is 1. The summed E-state index contributed by atoms with van der Waals surface area (Å²) in [5.41, 5.74) is 4.88. The van der Waals surface area contributed by atoms with Crippen molar-refractivity contribution in [2.75, 3.05) is 80.3 Å². The van der Waals surface area contributed by atoms with Crippen LogP contribution in [0.1, 0.15) is 124 Å². The molecular weight excluding hydrogens is 947 g/mol. The first-order chi connectivity index (χ1) is 34.9. The van der Waals surface area contributed by atoms with Crippen LogP contribution in [0.25, 0.3) is 0 Å². The maximum absolute atomic E-state index is 14.3. The van der Waals surface area contributed by atoms with Crippen LogP contribution in [0.2, 0.25) is 0 Å². The SMILES string of the molecule is C=CCC1/C(=C\C)CC2=C=N[C@@H]3CC(CCC[C@H]4CC(COC5=C(OC)C[C@@H]6C(C5)N=C[C@@H]5CC7=CCCC[C@@H]7N5C6O)C[C@@H](N(CCOCCOCCOC)CC(C)(C)S(C)=S)C4)=C(OC)C[C@@H]3C(=O)N21. The molecule has 1 N–H and O–H groups in total. The predicted molar refractivity (Wildman–Crippen MR) is 291 cm³/mol. The predicted octanol–water partition coefficient (Wildman–Crippen LogP) is 8.39. The molecule has 4 aliphatic heterocycles. The highest BCUT2D eigenvalue weighted by Crippen LogP contribution is 2.46. The van der Waals surface area contributed by atoms with Crippen LogP contribution in [0.3, 0.4) is 0 Å². The van der Waals surface area contributed by atoms with Crippen LogP contribution in [0.5, 0.6) is 0 Å². The average molecular weight is 1030 g/mol. The molecule has 400 valence electrons. The molecule has 2 saturated heterocycles. The Labute approximate surface area is 438 Å². The molecule has 4 aliphatic carbocycles. The second-order valence-corrected chi connectivity index (χ2v) is 25.8. The molecule has 1 amide bonds. The Balaban J connectivity index is 0.969. The monoisotopic (exact) mass is 1030 g/mol. The zero-order chi connectivity index (χ0) is 50.9. The summed E-state index contributed by atoms with van der Waals surface area (Å²) in [6, 6.07) is 0.584. The van der Waals surface area contributed by atoms with Crippen molar-refractivity contribution < 1.29 is 38.3 Å². The fraction of sp³-hybridized carbons (Fsp3) is 0.754. The van der Waals surface area contributed by atoms with Gasteiger partial charge in [-0.1, -0.05) is 41.4 Å². The second-order valence-electron chi connectivity index (χ2n) is 22.3. The van der Waals surface area contributed by atoms with E-state index in [0.717, 1.165) is 100 Å². The van der Waals surface area contributed by atoms with Gasteiger partial charge in [0.1, 0.15) is 17.7 Å². The lowest BCUT2D eigenvalue weighted by Crippen LogP contribution is -2.50. The summed E-state index contributed by atoms with van der Waals surface area (Å²) in [5.74, 6) is 6.72. The van der Waals surface area contributed by atoms with E-state index in [1.807, 2.05) is 17.9 Å². The van der Waals surface area contributed by atoms with Gasteiger partial charge in [0.05, 0.1) is 95.4 Å². The molecule has 3 fully saturated rings. The van der Waals surface area contributed by atoms with Gasteiger partial charge in [0.2, 0.25) is 5.91 Å². The molecule has 1 saturated carbocycles. The lowest BCUT2D eigenvalue weighted by Gasteiger charge is -2.44. The minimum atomic E-state index is -0.575. The quantitative estimate of drug-likeness (QED) is 0.0741. The Bertz CT molecular complexity index is 2170. The van der Waals surface area contributed by atoms with Gasteiger partial charge in [0.15, 0.2) is 0 Å². The van der Waals surface area contributed by atoms with Gasteiger partial charge in [-0.2, -0.15) is 0 Å². The van der Waals surface area contributed by atoms with E-state index in [-0.39, 0.29) is 56.1 Å². The van der Waals surface area contributed by atoms with E-state index < -0.39 is 6.23 Å². The molecular formula is C57H87N5O8S2. The van der Waals surface area contributed by atoms with Crippen molar-refractivity contribution in [3.63, 3.8) is 0 Å². The minimum absolute atomic E-state index is 0.0126. The lowest BCUT2D eigenvalue weighted by molar-refractivity contribution is -0.135. The number of hydrogen-bond donors (Lipinski definition) is 1. The summed E-state index contributed by atoms with van der Waals surface area (Å²) in [5, 5.41) is 12.0. The first-order valence-electron chi connectivity index (χ1n) is 27.3. The van der Waals surface area contributed by atoms with Gasteiger partial charge in [-0.25, -0.2) is 4.99 Å². The summed E-state index contributed by atoms with van der Waals surface area (Å²) in [6.07, 6.45) is 24.8. The Morgan fingerprint density at radius 2 is 1.76 bits per heavy atom. The zero-order valence-corrected chi connectivity index (χ0v) is 46.3. The maximum atomic E-state index is 14.3. The number of amides is 1. The molecule has 0 radical (unpaired) electrons. The number of allylic oxidation sites excluding steroid dienone is 5. The topological polar surface area (TPSA) is 127 Å². The standard InChI is InChI=1S/C57H87N5O8S2/c1-9-14-50-40(10-2)28-44-34-58-48-30-42(52(66-6)31-46(48)55(63)61(44)50)17-13-15-38-25-39(27-43(26-38)60(37-57(3,4)72(8)71)19-20-68-23-24-69-22-21-65-5)36-70-54-33-49-47(32-53(54)67-7)56(64)62-45(35-59-49)29-41-16-11-12-18-51(41)62/h9-10,16,35,38-39,43,45-51,56,64H,1,11-15,17-33,36-37H2,2-8H3/b40-10-/t38-,39?,43-,45-,46-,47+,48+,49?,50?,51-,56?,72?/m0/s1. The summed E-state index contributed by atoms with van der Waals surface area (Å²) in [7, 11) is 5.00. The molecule has 0 aromatic carbocycles. The Hall–Kier alpha value is -2.98. The van der Waals surface area contributed by atoms with Crippen molar-refractivity contribution in [3.8, 4) is 0 Å². The summed E-state index contributed by atoms with van der Waals surface area (Å²) >= 11 is 5.98. The Morgan fingerprint density at radius 3 is 2.51 bits per heavy atom. The molecule has 5 unspecified atom stereocenters. The number of aliphatic hydroxyl groups is 1. The largest absolute Gasteiger partial charge is 0.501 e. The van der Waals surface area contributed by atoms with Crippen molar-refractivity contribution >= 4 is 38.6 Å². The second kappa shape index (κ2) is 25.7. The van der Waals surface area contributed by atoms with Crippen LogP contribution in [0.4, 0.5) is 0 Å². The van der Waals surface area contributed by atoms with Crippen molar-refractivity contribution in [2.45, 2.75) is 171 Å². The third-order valence-corrected chi connectivity index (χ3v) is 20.5.